The molecule has 0 aliphatic heterocycles. The van der Waals surface area contributed by atoms with Crippen molar-refractivity contribution in [3.05, 3.63) is 0 Å². The molecule has 0 aromatic heterocycles. The van der Waals surface area contributed by atoms with Crippen LogP contribution >= 0.6 is 0 Å². The molecule has 5 nitrogen and oxygen atoms in total. The number of hydrogen-bond donors (Lipinski definition) is 4. The molecule has 0 atom stereocenters. The Kier molecular flexibility index (Phi) is 3.11. The molecule has 0 heterocycles. The molecule has 0 aliphatic carbocycles. The highest BCUT2D eigenvalue weighted by molar-refractivity contribution is 5.72. The highest BCUT2D eigenvalue weighted by Crippen LogP contribution is 2.02. The quantitative estimate of drug-likeness (QED) is 0.390. The third-order valence-electron chi connectivity index (χ3n) is 0.922. The summed E-state index contributed by atoms with van der Waals surface area (Å²) in [6.45, 7) is 1.75. The lowest BCUT2D eigenvalue weighted by molar-refractivity contribution is -0.179. The number of hydrogen-bond acceptors (Lipinski definition) is 3. The van der Waals surface area contributed by atoms with Gasteiger partial charge in [-0.05, 0) is 6.42 Å². The van der Waals surface area contributed by atoms with Crippen molar-refractivity contribution in [2.75, 3.05) is 0 Å². The van der Waals surface area contributed by atoms with Crippen LogP contribution in [0, 0.1) is 0 Å². The van der Waals surface area contributed by atoms with Gasteiger partial charge in [-0.1, -0.05) is 6.92 Å². The summed E-state index contributed by atoms with van der Waals surface area (Å²) in [5.74, 6) is -2.15. The fourth-order valence-corrected chi connectivity index (χ4v) is 0.608. The molecule has 0 aromatic rings. The first-order chi connectivity index (χ1) is 4.48. The van der Waals surface area contributed by atoms with Crippen LogP contribution in [-0.2, 0) is 0 Å². The van der Waals surface area contributed by atoms with E-state index >= 15 is 0 Å². The predicted octanol–water partition coefficient (Wildman–Crippen LogP) is -0.907. The van der Waals surface area contributed by atoms with Crippen molar-refractivity contribution < 1.29 is 15.0 Å². The van der Waals surface area contributed by atoms with Gasteiger partial charge < -0.3 is 15.9 Å². The minimum absolute atomic E-state index is 0.0654. The molecule has 0 spiro atoms. The van der Waals surface area contributed by atoms with Gasteiger partial charge in [0.2, 0.25) is 5.91 Å². The minimum atomic E-state index is -2.15. The highest BCUT2D eigenvalue weighted by Gasteiger charge is 2.22. The molecule has 0 radical (unpaired) electrons. The van der Waals surface area contributed by atoms with Crippen LogP contribution in [0.15, 0.2) is 0 Å². The van der Waals surface area contributed by atoms with E-state index in [4.69, 9.17) is 10.2 Å². The van der Waals surface area contributed by atoms with Gasteiger partial charge in [0, 0.05) is 6.42 Å². The normalized spacial score (nSPS) is 11.1. The van der Waals surface area contributed by atoms with Gasteiger partial charge in [-0.2, -0.15) is 0 Å². The van der Waals surface area contributed by atoms with E-state index in [0.717, 1.165) is 0 Å². The van der Waals surface area contributed by atoms with Crippen molar-refractivity contribution in [1.82, 2.24) is 5.32 Å². The maximum atomic E-state index is 10.1. The van der Waals surface area contributed by atoms with Crippen molar-refractivity contribution in [1.29, 1.82) is 0 Å². The summed E-state index contributed by atoms with van der Waals surface area (Å²) in [4.78, 5) is 10.1. The van der Waals surface area contributed by atoms with Crippen molar-refractivity contribution in [2.45, 2.75) is 25.7 Å². The van der Waals surface area contributed by atoms with Crippen molar-refractivity contribution >= 4 is 6.03 Å². The number of nitrogens with one attached hydrogen (secondary N) is 1. The summed E-state index contributed by atoms with van der Waals surface area (Å²) >= 11 is 0. The first-order valence-corrected chi connectivity index (χ1v) is 3.00. The van der Waals surface area contributed by atoms with E-state index in [0.29, 0.717) is 6.42 Å². The Labute approximate surface area is 58.8 Å². The average Bonchev–Trinajstić information content (AvgIpc) is 1.59. The van der Waals surface area contributed by atoms with Crippen molar-refractivity contribution in [3.8, 4) is 0 Å². The Morgan fingerprint density at radius 3 is 2.50 bits per heavy atom. The Bertz CT molecular complexity index is 124. The lowest BCUT2D eigenvalue weighted by atomic mass is 10.3. The Balaban J connectivity index is 3.74. The largest absolute Gasteiger partial charge is 0.352 e. The van der Waals surface area contributed by atoms with Crippen molar-refractivity contribution in [3.63, 3.8) is 0 Å². The van der Waals surface area contributed by atoms with Gasteiger partial charge in [-0.3, -0.25) is 5.32 Å². The van der Waals surface area contributed by atoms with E-state index in [-0.39, 0.29) is 6.42 Å². The number of carbonyl (C=O) groups excluding carboxylic acids is 1. The summed E-state index contributed by atoms with van der Waals surface area (Å²) in [6, 6.07) is -0.946. The average molecular weight is 148 g/mol. The molecule has 10 heavy (non-hydrogen) atoms. The number of nitrogens with two attached hydrogens (primary N) is 1. The first kappa shape index (κ1) is 9.19. The topological polar surface area (TPSA) is 95.6 Å². The standard InChI is InChI=1S/C5H12N2O3/c1-2-3-5(9,10)7-4(6)8/h9-10H,2-3H2,1H3,(H3,6,7,8). The lowest BCUT2D eigenvalue weighted by Gasteiger charge is -2.20. The van der Waals surface area contributed by atoms with Crippen LogP contribution in [0.3, 0.4) is 0 Å². The molecule has 5 N–H and O–H groups in total. The summed E-state index contributed by atoms with van der Waals surface area (Å²) < 4.78 is 0. The fraction of sp³-hybridized carbons (Fsp3) is 0.800. The third kappa shape index (κ3) is 4.11. The number of aliphatic hydroxyl groups is 2. The summed E-state index contributed by atoms with van der Waals surface area (Å²) in [5, 5.41) is 19.4. The zero-order valence-electron chi connectivity index (χ0n) is 5.79. The van der Waals surface area contributed by atoms with Gasteiger partial charge in [-0.25, -0.2) is 4.79 Å². The van der Waals surface area contributed by atoms with Gasteiger partial charge in [0.05, 0.1) is 0 Å². The Morgan fingerprint density at radius 2 is 2.20 bits per heavy atom. The summed E-state index contributed by atoms with van der Waals surface area (Å²) in [6.07, 6.45) is 0.614. The zero-order valence-corrected chi connectivity index (χ0v) is 5.79. The molecule has 60 valence electrons. The molecule has 2 amide bonds. The molecule has 0 rings (SSSR count). The van der Waals surface area contributed by atoms with Crippen molar-refractivity contribution in [2.24, 2.45) is 5.73 Å². The Hall–Kier alpha value is -0.810. The van der Waals surface area contributed by atoms with E-state index in [1.807, 2.05) is 0 Å². The van der Waals surface area contributed by atoms with E-state index in [1.54, 1.807) is 12.2 Å². The van der Waals surface area contributed by atoms with Gasteiger partial charge in [0.25, 0.3) is 0 Å². The second-order valence-electron chi connectivity index (χ2n) is 2.06. The molecule has 0 aliphatic rings. The number of carbonyl (C=O) groups is 1. The monoisotopic (exact) mass is 148 g/mol. The van der Waals surface area contributed by atoms with Gasteiger partial charge in [0.1, 0.15) is 0 Å². The van der Waals surface area contributed by atoms with Crippen LogP contribution in [0.25, 0.3) is 0 Å². The lowest BCUT2D eigenvalue weighted by Crippen LogP contribution is -2.50. The van der Waals surface area contributed by atoms with E-state index in [2.05, 4.69) is 5.73 Å². The molecule has 0 saturated carbocycles. The fourth-order valence-electron chi connectivity index (χ4n) is 0.608. The first-order valence-electron chi connectivity index (χ1n) is 3.00. The van der Waals surface area contributed by atoms with Crippen LogP contribution in [0.1, 0.15) is 19.8 Å². The molecule has 0 saturated heterocycles. The minimum Gasteiger partial charge on any atom is -0.352 e. The van der Waals surface area contributed by atoms with Crippen LogP contribution in [0.4, 0.5) is 4.79 Å². The molecule has 0 bridgehead atoms. The van der Waals surface area contributed by atoms with Crippen LogP contribution < -0.4 is 11.1 Å². The van der Waals surface area contributed by atoms with E-state index < -0.39 is 11.9 Å². The van der Waals surface area contributed by atoms with Crippen LogP contribution in [0.5, 0.6) is 0 Å². The zero-order chi connectivity index (χ0) is 8.20. The van der Waals surface area contributed by atoms with Crippen LogP contribution in [0.2, 0.25) is 0 Å². The van der Waals surface area contributed by atoms with E-state index in [1.165, 1.54) is 0 Å². The SMILES string of the molecule is CCCC(O)(O)NC(N)=O. The number of amides is 2. The molecule has 0 fully saturated rings. The summed E-state index contributed by atoms with van der Waals surface area (Å²) in [7, 11) is 0. The van der Waals surface area contributed by atoms with Crippen LogP contribution in [-0.4, -0.2) is 22.2 Å². The highest BCUT2D eigenvalue weighted by atomic mass is 16.5. The predicted molar refractivity (Wildman–Crippen MR) is 34.8 cm³/mol. The number of urea groups is 1. The smallest absolute Gasteiger partial charge is 0.316 e. The van der Waals surface area contributed by atoms with E-state index in [9.17, 15) is 4.79 Å². The molecule has 5 heteroatoms. The number of primary amides is 1. The summed E-state index contributed by atoms with van der Waals surface area (Å²) in [5.41, 5.74) is 4.64. The molecular formula is C5H12N2O3. The maximum absolute atomic E-state index is 10.1. The third-order valence-corrected chi connectivity index (χ3v) is 0.922. The van der Waals surface area contributed by atoms with Gasteiger partial charge in [-0.15, -0.1) is 0 Å². The molecule has 0 unspecified atom stereocenters. The maximum Gasteiger partial charge on any atom is 0.316 e. The second kappa shape index (κ2) is 3.38. The second-order valence-corrected chi connectivity index (χ2v) is 2.06. The molecular weight excluding hydrogens is 136 g/mol. The number of rotatable bonds is 3. The van der Waals surface area contributed by atoms with Gasteiger partial charge >= 0.3 is 6.03 Å². The molecule has 0 aromatic carbocycles. The Morgan fingerprint density at radius 1 is 1.70 bits per heavy atom. The van der Waals surface area contributed by atoms with Gasteiger partial charge in [0.15, 0.2) is 0 Å².